The Balaban J connectivity index is 2.06. The molecule has 0 atom stereocenters. The Hall–Kier alpha value is -0.210. The van der Waals surface area contributed by atoms with Gasteiger partial charge in [-0.2, -0.15) is 0 Å². The lowest BCUT2D eigenvalue weighted by molar-refractivity contribution is 0.691. The lowest BCUT2D eigenvalue weighted by atomic mass is 10.0. The molecule has 2 N–H and O–H groups in total. The molecule has 3 nitrogen and oxygen atoms in total. The van der Waals surface area contributed by atoms with Gasteiger partial charge in [-0.15, -0.1) is 11.3 Å². The normalized spacial score (nSPS) is 16.1. The molecule has 2 aromatic rings. The maximum atomic E-state index is 6.07. The largest absolute Gasteiger partial charge is 0.383 e. The number of anilines is 1. The first-order valence-corrected chi connectivity index (χ1v) is 8.97. The Morgan fingerprint density at radius 3 is 2.68 bits per heavy atom. The highest BCUT2D eigenvalue weighted by Crippen LogP contribution is 2.38. The van der Waals surface area contributed by atoms with Gasteiger partial charge in [-0.3, -0.25) is 0 Å². The van der Waals surface area contributed by atoms with Crippen LogP contribution in [0.3, 0.4) is 0 Å². The third kappa shape index (κ3) is 2.80. The monoisotopic (exact) mass is 449 g/mol. The van der Waals surface area contributed by atoms with E-state index in [1.54, 1.807) is 11.3 Å². The first-order chi connectivity index (χ1) is 9.15. The summed E-state index contributed by atoms with van der Waals surface area (Å²) in [6.07, 6.45) is 5.04. The summed E-state index contributed by atoms with van der Waals surface area (Å²) in [6, 6.07) is 2.05. The highest BCUT2D eigenvalue weighted by atomic mass is 127. The number of aromatic nitrogens is 2. The second-order valence-electron chi connectivity index (χ2n) is 4.74. The third-order valence-electron chi connectivity index (χ3n) is 3.43. The number of halogens is 2. The summed E-state index contributed by atoms with van der Waals surface area (Å²) in [6.45, 7) is 0. The van der Waals surface area contributed by atoms with E-state index in [0.29, 0.717) is 11.7 Å². The molecular formula is C13H13BrIN3S. The van der Waals surface area contributed by atoms with Gasteiger partial charge in [0.05, 0.1) is 14.1 Å². The molecule has 0 saturated heterocycles. The van der Waals surface area contributed by atoms with Gasteiger partial charge >= 0.3 is 0 Å². The Morgan fingerprint density at radius 2 is 2.05 bits per heavy atom. The predicted octanol–water partition coefficient (Wildman–Crippen LogP) is 4.81. The molecule has 2 heterocycles. The van der Waals surface area contributed by atoms with E-state index in [-0.39, 0.29) is 0 Å². The fourth-order valence-electron chi connectivity index (χ4n) is 2.49. The van der Waals surface area contributed by atoms with E-state index in [0.717, 1.165) is 24.4 Å². The van der Waals surface area contributed by atoms with Gasteiger partial charge in [0, 0.05) is 15.8 Å². The van der Waals surface area contributed by atoms with Crippen molar-refractivity contribution < 1.29 is 0 Å². The molecule has 0 radical (unpaired) electrons. The minimum absolute atomic E-state index is 0.555. The molecule has 3 rings (SSSR count). The van der Waals surface area contributed by atoms with Gasteiger partial charge in [-0.25, -0.2) is 9.97 Å². The van der Waals surface area contributed by atoms with Crippen LogP contribution in [0.1, 0.15) is 37.3 Å². The van der Waals surface area contributed by atoms with Crippen molar-refractivity contribution in [1.29, 1.82) is 0 Å². The number of rotatable bonds is 2. The summed E-state index contributed by atoms with van der Waals surface area (Å²) >= 11 is 7.39. The summed E-state index contributed by atoms with van der Waals surface area (Å²) in [7, 11) is 0. The van der Waals surface area contributed by atoms with Gasteiger partial charge in [0.1, 0.15) is 5.82 Å². The zero-order valence-corrected chi connectivity index (χ0v) is 14.8. The van der Waals surface area contributed by atoms with E-state index >= 15 is 0 Å². The number of nitrogens with two attached hydrogens (primary N) is 1. The number of nitrogens with zero attached hydrogens (tertiary/aromatic N) is 2. The molecule has 0 aliphatic heterocycles. The number of hydrogen-bond acceptors (Lipinski definition) is 4. The zero-order valence-electron chi connectivity index (χ0n) is 10.2. The lowest BCUT2D eigenvalue weighted by Crippen LogP contribution is -2.07. The average molecular weight is 450 g/mol. The second kappa shape index (κ2) is 5.65. The molecule has 2 aromatic heterocycles. The van der Waals surface area contributed by atoms with Crippen molar-refractivity contribution in [1.82, 2.24) is 9.97 Å². The van der Waals surface area contributed by atoms with Crippen LogP contribution in [0.5, 0.6) is 0 Å². The summed E-state index contributed by atoms with van der Waals surface area (Å²) in [5, 5.41) is 2.04. The molecule has 1 saturated carbocycles. The van der Waals surface area contributed by atoms with Gasteiger partial charge in [0.15, 0.2) is 5.82 Å². The molecule has 0 spiro atoms. The van der Waals surface area contributed by atoms with Crippen LogP contribution in [-0.2, 0) is 0 Å². The SMILES string of the molecule is Nc1nc(-c2cc(Br)cs2)nc(C2CCCC2)c1I. The highest BCUT2D eigenvalue weighted by molar-refractivity contribution is 14.1. The standard InChI is InChI=1S/C13H13BrIN3S/c14-8-5-9(19-6-8)13-17-11(7-3-1-2-4-7)10(15)12(16)18-13/h5-7H,1-4H2,(H2,16,17,18). The Morgan fingerprint density at radius 1 is 1.32 bits per heavy atom. The fourth-order valence-corrected chi connectivity index (χ4v) is 4.53. The second-order valence-corrected chi connectivity index (χ2v) is 7.65. The van der Waals surface area contributed by atoms with Crippen LogP contribution in [-0.4, -0.2) is 9.97 Å². The molecule has 0 amide bonds. The van der Waals surface area contributed by atoms with Crippen LogP contribution < -0.4 is 5.73 Å². The molecule has 0 unspecified atom stereocenters. The number of nitrogen functional groups attached to an aromatic ring is 1. The van der Waals surface area contributed by atoms with Crippen molar-refractivity contribution in [2.24, 2.45) is 0 Å². The summed E-state index contributed by atoms with van der Waals surface area (Å²) in [4.78, 5) is 10.3. The van der Waals surface area contributed by atoms with E-state index in [9.17, 15) is 0 Å². The minimum Gasteiger partial charge on any atom is -0.383 e. The predicted molar refractivity (Wildman–Crippen MR) is 91.4 cm³/mol. The van der Waals surface area contributed by atoms with Crippen LogP contribution in [0.15, 0.2) is 15.9 Å². The first kappa shape index (κ1) is 13.8. The topological polar surface area (TPSA) is 51.8 Å². The van der Waals surface area contributed by atoms with Crippen molar-refractivity contribution in [2.75, 3.05) is 5.73 Å². The van der Waals surface area contributed by atoms with Gasteiger partial charge in [-0.1, -0.05) is 12.8 Å². The Labute approximate surface area is 138 Å². The lowest BCUT2D eigenvalue weighted by Gasteiger charge is -2.13. The van der Waals surface area contributed by atoms with E-state index in [4.69, 9.17) is 10.7 Å². The molecule has 6 heteroatoms. The van der Waals surface area contributed by atoms with E-state index in [1.165, 1.54) is 25.7 Å². The van der Waals surface area contributed by atoms with Gasteiger partial charge in [-0.05, 0) is 57.4 Å². The van der Waals surface area contributed by atoms with Crippen molar-refractivity contribution >= 4 is 55.7 Å². The highest BCUT2D eigenvalue weighted by Gasteiger charge is 2.23. The van der Waals surface area contributed by atoms with Crippen molar-refractivity contribution in [3.05, 3.63) is 25.2 Å². The van der Waals surface area contributed by atoms with Crippen molar-refractivity contribution in [2.45, 2.75) is 31.6 Å². The minimum atomic E-state index is 0.555. The van der Waals surface area contributed by atoms with Gasteiger partial charge < -0.3 is 5.73 Å². The van der Waals surface area contributed by atoms with Crippen LogP contribution in [0.4, 0.5) is 5.82 Å². The maximum absolute atomic E-state index is 6.07. The Bertz CT molecular complexity index is 608. The molecule has 1 fully saturated rings. The van der Waals surface area contributed by atoms with Crippen LogP contribution in [0.2, 0.25) is 0 Å². The Kier molecular flexibility index (Phi) is 4.09. The molecule has 100 valence electrons. The summed E-state index contributed by atoms with van der Waals surface area (Å²) < 4.78 is 2.10. The van der Waals surface area contributed by atoms with Crippen molar-refractivity contribution in [3.8, 4) is 10.7 Å². The number of thiophene rings is 1. The van der Waals surface area contributed by atoms with Crippen LogP contribution in [0.25, 0.3) is 10.7 Å². The smallest absolute Gasteiger partial charge is 0.171 e. The number of hydrogen-bond donors (Lipinski definition) is 1. The average Bonchev–Trinajstić information content (AvgIpc) is 3.03. The molecular weight excluding hydrogens is 437 g/mol. The van der Waals surface area contributed by atoms with Gasteiger partial charge in [0.2, 0.25) is 0 Å². The fraction of sp³-hybridized carbons (Fsp3) is 0.385. The van der Waals surface area contributed by atoms with Gasteiger partial charge in [0.25, 0.3) is 0 Å². The van der Waals surface area contributed by atoms with Crippen LogP contribution >= 0.6 is 49.9 Å². The summed E-state index contributed by atoms with van der Waals surface area (Å²) in [5.41, 5.74) is 7.21. The third-order valence-corrected chi connectivity index (χ3v) is 6.22. The molecule has 1 aliphatic carbocycles. The van der Waals surface area contributed by atoms with E-state index in [2.05, 4.69) is 43.5 Å². The zero-order chi connectivity index (χ0) is 13.4. The molecule has 0 aromatic carbocycles. The first-order valence-electron chi connectivity index (χ1n) is 6.22. The van der Waals surface area contributed by atoms with E-state index in [1.807, 2.05) is 11.4 Å². The summed E-state index contributed by atoms with van der Waals surface area (Å²) in [5.74, 6) is 1.92. The molecule has 19 heavy (non-hydrogen) atoms. The van der Waals surface area contributed by atoms with Crippen molar-refractivity contribution in [3.63, 3.8) is 0 Å². The quantitative estimate of drug-likeness (QED) is 0.669. The maximum Gasteiger partial charge on any atom is 0.171 e. The van der Waals surface area contributed by atoms with E-state index < -0.39 is 0 Å². The van der Waals surface area contributed by atoms with Crippen LogP contribution in [0, 0.1) is 3.57 Å². The molecule has 0 bridgehead atoms. The molecule has 1 aliphatic rings.